The molecule has 2 heteroatoms. The molecule has 1 rings (SSSR count). The second-order valence-corrected chi connectivity index (χ2v) is 6.31. The fourth-order valence-electron chi connectivity index (χ4n) is 1.68. The Hall–Kier alpha value is -1.02. The molecular weight excluding hydrogens is 196 g/mol. The first-order valence-electron chi connectivity index (χ1n) is 5.78. The van der Waals surface area contributed by atoms with Gasteiger partial charge >= 0.3 is 0 Å². The molecule has 0 spiro atoms. The van der Waals surface area contributed by atoms with Crippen molar-refractivity contribution in [3.8, 4) is 0 Å². The van der Waals surface area contributed by atoms with Gasteiger partial charge in [0.2, 0.25) is 0 Å². The van der Waals surface area contributed by atoms with Crippen LogP contribution in [0.15, 0.2) is 24.3 Å². The molecule has 0 bridgehead atoms. The van der Waals surface area contributed by atoms with Crippen LogP contribution in [0.25, 0.3) is 0 Å². The first-order valence-corrected chi connectivity index (χ1v) is 5.78. The number of hydrogen-bond acceptors (Lipinski definition) is 2. The molecule has 0 fully saturated rings. The van der Waals surface area contributed by atoms with E-state index in [0.717, 1.165) is 5.69 Å². The molecule has 0 saturated carbocycles. The summed E-state index contributed by atoms with van der Waals surface area (Å²) in [6.07, 6.45) is 0. The van der Waals surface area contributed by atoms with E-state index in [4.69, 9.17) is 5.84 Å². The zero-order valence-corrected chi connectivity index (χ0v) is 11.3. The van der Waals surface area contributed by atoms with Gasteiger partial charge in [-0.3, -0.25) is 0 Å². The standard InChI is InChI=1S/C14H24N2/c1-13(2,3)11-9-7-8-10-12(11)16(15)14(4,5)6/h7-10H,15H2,1-6H3. The van der Waals surface area contributed by atoms with Crippen LogP contribution in [0.3, 0.4) is 0 Å². The van der Waals surface area contributed by atoms with Crippen molar-refractivity contribution in [3.05, 3.63) is 29.8 Å². The second kappa shape index (κ2) is 4.10. The summed E-state index contributed by atoms with van der Waals surface area (Å²) in [6, 6.07) is 8.35. The van der Waals surface area contributed by atoms with Crippen molar-refractivity contribution < 1.29 is 0 Å². The van der Waals surface area contributed by atoms with E-state index in [2.05, 4.69) is 59.7 Å². The van der Waals surface area contributed by atoms with E-state index in [1.807, 2.05) is 11.1 Å². The zero-order valence-electron chi connectivity index (χ0n) is 11.3. The average molecular weight is 220 g/mol. The highest BCUT2D eigenvalue weighted by molar-refractivity contribution is 5.56. The molecule has 0 heterocycles. The van der Waals surface area contributed by atoms with Gasteiger partial charge in [0.25, 0.3) is 0 Å². The minimum Gasteiger partial charge on any atom is -0.306 e. The van der Waals surface area contributed by atoms with Gasteiger partial charge in [-0.1, -0.05) is 39.0 Å². The van der Waals surface area contributed by atoms with Gasteiger partial charge in [-0.15, -0.1) is 0 Å². The van der Waals surface area contributed by atoms with Crippen LogP contribution in [0, 0.1) is 0 Å². The highest BCUT2D eigenvalue weighted by atomic mass is 15.4. The molecule has 0 aliphatic carbocycles. The van der Waals surface area contributed by atoms with E-state index >= 15 is 0 Å². The Balaban J connectivity index is 3.25. The van der Waals surface area contributed by atoms with Crippen LogP contribution in [0.4, 0.5) is 5.69 Å². The van der Waals surface area contributed by atoms with Gasteiger partial charge < -0.3 is 5.01 Å². The molecule has 0 aliphatic rings. The molecule has 2 N–H and O–H groups in total. The third-order valence-corrected chi connectivity index (χ3v) is 2.69. The van der Waals surface area contributed by atoms with Gasteiger partial charge in [-0.2, -0.15) is 0 Å². The highest BCUT2D eigenvalue weighted by Gasteiger charge is 2.25. The lowest BCUT2D eigenvalue weighted by atomic mass is 9.85. The first-order chi connectivity index (χ1) is 7.14. The Kier molecular flexibility index (Phi) is 3.34. The number of nitrogens with two attached hydrogens (primary N) is 1. The second-order valence-electron chi connectivity index (χ2n) is 6.31. The maximum absolute atomic E-state index is 6.20. The molecule has 1 aromatic rings. The van der Waals surface area contributed by atoms with Crippen molar-refractivity contribution in [2.75, 3.05) is 5.01 Å². The fourth-order valence-corrected chi connectivity index (χ4v) is 1.68. The van der Waals surface area contributed by atoms with Crippen molar-refractivity contribution in [1.82, 2.24) is 0 Å². The number of nitrogens with zero attached hydrogens (tertiary/aromatic N) is 1. The van der Waals surface area contributed by atoms with Gasteiger partial charge in [-0.05, 0) is 37.8 Å². The summed E-state index contributed by atoms with van der Waals surface area (Å²) < 4.78 is 0. The van der Waals surface area contributed by atoms with Gasteiger partial charge in [0.05, 0.1) is 5.69 Å². The van der Waals surface area contributed by atoms with Crippen LogP contribution in [0.1, 0.15) is 47.1 Å². The SMILES string of the molecule is CC(C)(C)c1ccccc1N(N)C(C)(C)C. The van der Waals surface area contributed by atoms with E-state index in [9.17, 15) is 0 Å². The summed E-state index contributed by atoms with van der Waals surface area (Å²) in [7, 11) is 0. The van der Waals surface area contributed by atoms with Crippen LogP contribution in [-0.4, -0.2) is 5.54 Å². The summed E-state index contributed by atoms with van der Waals surface area (Å²) in [6.45, 7) is 13.0. The lowest BCUT2D eigenvalue weighted by Gasteiger charge is -2.36. The van der Waals surface area contributed by atoms with Crippen molar-refractivity contribution in [3.63, 3.8) is 0 Å². The Labute approximate surface area is 99.4 Å². The Morgan fingerprint density at radius 3 is 1.88 bits per heavy atom. The van der Waals surface area contributed by atoms with Crippen LogP contribution >= 0.6 is 0 Å². The lowest BCUT2D eigenvalue weighted by molar-refractivity contribution is 0.503. The minimum absolute atomic E-state index is 0.0681. The van der Waals surface area contributed by atoms with Crippen molar-refractivity contribution in [2.24, 2.45) is 5.84 Å². The quantitative estimate of drug-likeness (QED) is 0.580. The summed E-state index contributed by atoms with van der Waals surface area (Å²) in [4.78, 5) is 0. The summed E-state index contributed by atoms with van der Waals surface area (Å²) in [5.41, 5.74) is 2.44. The number of rotatable bonds is 1. The maximum atomic E-state index is 6.20. The van der Waals surface area contributed by atoms with Crippen LogP contribution in [0.2, 0.25) is 0 Å². The molecule has 0 saturated heterocycles. The van der Waals surface area contributed by atoms with E-state index in [1.54, 1.807) is 0 Å². The predicted molar refractivity (Wildman–Crippen MR) is 71.6 cm³/mol. The maximum Gasteiger partial charge on any atom is 0.0560 e. The van der Waals surface area contributed by atoms with E-state index < -0.39 is 0 Å². The summed E-state index contributed by atoms with van der Waals surface area (Å²) in [5.74, 6) is 6.20. The summed E-state index contributed by atoms with van der Waals surface area (Å²) >= 11 is 0. The molecular formula is C14H24N2. The van der Waals surface area contributed by atoms with Gasteiger partial charge in [-0.25, -0.2) is 5.84 Å². The molecule has 0 unspecified atom stereocenters. The molecule has 0 aromatic heterocycles. The normalized spacial score (nSPS) is 12.7. The molecule has 0 atom stereocenters. The highest BCUT2D eigenvalue weighted by Crippen LogP contribution is 2.33. The third kappa shape index (κ3) is 2.76. The van der Waals surface area contributed by atoms with Crippen LogP contribution < -0.4 is 10.9 Å². The Morgan fingerprint density at radius 2 is 1.44 bits per heavy atom. The smallest absolute Gasteiger partial charge is 0.0560 e. The Bertz CT molecular complexity index is 356. The lowest BCUT2D eigenvalue weighted by Crippen LogP contribution is -2.47. The largest absolute Gasteiger partial charge is 0.306 e. The first kappa shape index (κ1) is 13.0. The Morgan fingerprint density at radius 1 is 0.938 bits per heavy atom. The van der Waals surface area contributed by atoms with Crippen molar-refractivity contribution in [2.45, 2.75) is 52.5 Å². The van der Waals surface area contributed by atoms with Gasteiger partial charge in [0.1, 0.15) is 0 Å². The zero-order chi connectivity index (χ0) is 12.6. The number of anilines is 1. The molecule has 16 heavy (non-hydrogen) atoms. The molecule has 0 aliphatic heterocycles. The predicted octanol–water partition coefficient (Wildman–Crippen LogP) is 3.46. The average Bonchev–Trinajstić information content (AvgIpc) is 2.14. The number of para-hydroxylation sites is 1. The number of hydrogen-bond donors (Lipinski definition) is 1. The van der Waals surface area contributed by atoms with E-state index in [1.165, 1.54) is 5.56 Å². The monoisotopic (exact) mass is 220 g/mol. The van der Waals surface area contributed by atoms with E-state index in [0.29, 0.717) is 0 Å². The molecule has 2 nitrogen and oxygen atoms in total. The fraction of sp³-hybridized carbons (Fsp3) is 0.571. The third-order valence-electron chi connectivity index (χ3n) is 2.69. The van der Waals surface area contributed by atoms with Gasteiger partial charge in [0, 0.05) is 5.54 Å². The number of benzene rings is 1. The molecule has 0 radical (unpaired) electrons. The molecule has 1 aromatic carbocycles. The minimum atomic E-state index is -0.0681. The molecule has 0 amide bonds. The van der Waals surface area contributed by atoms with Crippen molar-refractivity contribution >= 4 is 5.69 Å². The topological polar surface area (TPSA) is 29.3 Å². The summed E-state index contributed by atoms with van der Waals surface area (Å²) in [5, 5.41) is 1.85. The molecule has 90 valence electrons. The van der Waals surface area contributed by atoms with Gasteiger partial charge in [0.15, 0.2) is 0 Å². The van der Waals surface area contributed by atoms with Crippen LogP contribution in [0.5, 0.6) is 0 Å². The van der Waals surface area contributed by atoms with Crippen LogP contribution in [-0.2, 0) is 5.41 Å². The number of hydrazine groups is 1. The van der Waals surface area contributed by atoms with E-state index in [-0.39, 0.29) is 11.0 Å². The van der Waals surface area contributed by atoms with Crippen molar-refractivity contribution in [1.29, 1.82) is 0 Å².